The van der Waals surface area contributed by atoms with Gasteiger partial charge in [-0.1, -0.05) is 0 Å². The van der Waals surface area contributed by atoms with Crippen LogP contribution in [0.2, 0.25) is 0 Å². The van der Waals surface area contributed by atoms with E-state index in [0.717, 1.165) is 54.2 Å². The number of pyridine rings is 1. The number of piperidine rings is 1. The fourth-order valence-corrected chi connectivity index (χ4v) is 5.13. The molecule has 0 radical (unpaired) electrons. The van der Waals surface area contributed by atoms with Crippen molar-refractivity contribution >= 4 is 22.7 Å². The molecule has 6 rings (SSSR count). The van der Waals surface area contributed by atoms with Gasteiger partial charge in [-0.15, -0.1) is 0 Å². The summed E-state index contributed by atoms with van der Waals surface area (Å²) in [5.74, 6) is 2.00. The molecule has 9 nitrogen and oxygen atoms in total. The van der Waals surface area contributed by atoms with Gasteiger partial charge in [0.15, 0.2) is 0 Å². The Morgan fingerprint density at radius 1 is 1.03 bits per heavy atom. The predicted molar refractivity (Wildman–Crippen MR) is 118 cm³/mol. The van der Waals surface area contributed by atoms with Crippen LogP contribution in [0.15, 0.2) is 47.9 Å². The molecular formula is C22H22N8O. The maximum absolute atomic E-state index is 13.0. The highest BCUT2D eigenvalue weighted by molar-refractivity contribution is 5.87. The molecular weight excluding hydrogens is 392 g/mol. The summed E-state index contributed by atoms with van der Waals surface area (Å²) in [6.45, 7) is 2.41. The molecule has 4 aromatic heterocycles. The van der Waals surface area contributed by atoms with Gasteiger partial charge in [-0.3, -0.25) is 4.79 Å². The molecule has 0 saturated carbocycles. The molecule has 6 heterocycles. The summed E-state index contributed by atoms with van der Waals surface area (Å²) in [4.78, 5) is 32.6. The first-order valence-electron chi connectivity index (χ1n) is 10.4. The van der Waals surface area contributed by atoms with Gasteiger partial charge < -0.3 is 19.8 Å². The lowest BCUT2D eigenvalue weighted by Crippen LogP contribution is -2.47. The maximum atomic E-state index is 13.0. The number of fused-ring (bicyclic) bond motifs is 5. The molecule has 0 spiro atoms. The van der Waals surface area contributed by atoms with Crippen molar-refractivity contribution in [3.05, 3.63) is 59.2 Å². The highest BCUT2D eigenvalue weighted by Crippen LogP contribution is 2.39. The molecule has 9 heteroatoms. The third kappa shape index (κ3) is 2.88. The summed E-state index contributed by atoms with van der Waals surface area (Å²) < 4.78 is 3.95. The van der Waals surface area contributed by atoms with E-state index in [1.54, 1.807) is 18.5 Å². The first-order valence-corrected chi connectivity index (χ1v) is 10.4. The molecule has 2 aliphatic heterocycles. The number of nitrogens with two attached hydrogens (primary N) is 1. The number of nitrogen functional groups attached to an aromatic ring is 1. The molecule has 2 aliphatic rings. The Morgan fingerprint density at radius 2 is 1.90 bits per heavy atom. The van der Waals surface area contributed by atoms with Gasteiger partial charge in [0, 0.05) is 62.2 Å². The second kappa shape index (κ2) is 6.63. The van der Waals surface area contributed by atoms with E-state index in [1.807, 2.05) is 22.4 Å². The van der Waals surface area contributed by atoms with E-state index < -0.39 is 0 Å². The molecule has 1 fully saturated rings. The molecule has 0 aromatic carbocycles. The van der Waals surface area contributed by atoms with E-state index in [-0.39, 0.29) is 11.5 Å². The van der Waals surface area contributed by atoms with Crippen LogP contribution in [0.4, 0.5) is 11.6 Å². The van der Waals surface area contributed by atoms with Crippen molar-refractivity contribution in [1.29, 1.82) is 0 Å². The SMILES string of the molecule is Cn1ccc2c(N3C[C@@H]4C[C@H](C3)c3cc(-c5cc(N)ncn5)cc(=O)n3C4)ncnc21. The molecule has 2 atom stereocenters. The smallest absolute Gasteiger partial charge is 0.251 e. The van der Waals surface area contributed by atoms with Gasteiger partial charge >= 0.3 is 0 Å². The quantitative estimate of drug-likeness (QED) is 0.533. The second-order valence-corrected chi connectivity index (χ2v) is 8.51. The van der Waals surface area contributed by atoms with E-state index >= 15 is 0 Å². The maximum Gasteiger partial charge on any atom is 0.251 e. The van der Waals surface area contributed by atoms with Crippen LogP contribution >= 0.6 is 0 Å². The molecule has 2 bridgehead atoms. The zero-order valence-corrected chi connectivity index (χ0v) is 17.1. The third-order valence-corrected chi connectivity index (χ3v) is 6.48. The number of aromatic nitrogens is 6. The lowest BCUT2D eigenvalue weighted by atomic mass is 9.82. The summed E-state index contributed by atoms with van der Waals surface area (Å²) in [6.07, 6.45) is 6.15. The summed E-state index contributed by atoms with van der Waals surface area (Å²) in [5, 5.41) is 1.06. The first kappa shape index (κ1) is 18.1. The number of aryl methyl sites for hydroxylation is 1. The molecule has 1 saturated heterocycles. The highest BCUT2D eigenvalue weighted by Gasteiger charge is 2.36. The highest BCUT2D eigenvalue weighted by atomic mass is 16.1. The van der Waals surface area contributed by atoms with Gasteiger partial charge in [0.05, 0.1) is 11.1 Å². The van der Waals surface area contributed by atoms with Gasteiger partial charge in [-0.25, -0.2) is 19.9 Å². The van der Waals surface area contributed by atoms with Crippen LogP contribution in [0, 0.1) is 5.92 Å². The largest absolute Gasteiger partial charge is 0.384 e. The standard InChI is InChI=1S/C22H22N8O/c1-28-3-2-16-21(28)26-12-27-22(16)29-8-13-4-15(10-29)18-5-14(6-20(31)30(18)9-13)17-7-19(23)25-11-24-17/h2-3,5-7,11-13,15H,4,8-10H2,1H3,(H2,23,24,25)/t13-,15+/m0/s1. The van der Waals surface area contributed by atoms with Crippen LogP contribution in [0.25, 0.3) is 22.3 Å². The van der Waals surface area contributed by atoms with Gasteiger partial charge in [0.25, 0.3) is 5.56 Å². The number of nitrogens with zero attached hydrogens (tertiary/aromatic N) is 7. The molecule has 2 N–H and O–H groups in total. The van der Waals surface area contributed by atoms with Gasteiger partial charge in [0.1, 0.15) is 29.9 Å². The van der Waals surface area contributed by atoms with Crippen LogP contribution in [-0.4, -0.2) is 42.2 Å². The molecule has 156 valence electrons. The van der Waals surface area contributed by atoms with Crippen LogP contribution in [0.5, 0.6) is 0 Å². The number of anilines is 2. The van der Waals surface area contributed by atoms with Gasteiger partial charge in [-0.2, -0.15) is 0 Å². The molecule has 31 heavy (non-hydrogen) atoms. The second-order valence-electron chi connectivity index (χ2n) is 8.51. The normalized spacial score (nSPS) is 20.1. The fraction of sp³-hybridized carbons (Fsp3) is 0.318. The van der Waals surface area contributed by atoms with E-state index in [4.69, 9.17) is 5.73 Å². The Morgan fingerprint density at radius 3 is 2.77 bits per heavy atom. The summed E-state index contributed by atoms with van der Waals surface area (Å²) >= 11 is 0. The van der Waals surface area contributed by atoms with E-state index in [0.29, 0.717) is 17.4 Å². The van der Waals surface area contributed by atoms with Crippen LogP contribution in [0.1, 0.15) is 18.0 Å². The lowest BCUT2D eigenvalue weighted by Gasteiger charge is -2.43. The average Bonchev–Trinajstić information content (AvgIpc) is 3.15. The van der Waals surface area contributed by atoms with Crippen molar-refractivity contribution in [1.82, 2.24) is 29.1 Å². The number of hydrogen-bond acceptors (Lipinski definition) is 7. The average molecular weight is 414 g/mol. The Balaban J connectivity index is 1.41. The van der Waals surface area contributed by atoms with Gasteiger partial charge in [-0.05, 0) is 24.5 Å². The molecule has 0 aliphatic carbocycles. The molecule has 0 amide bonds. The summed E-state index contributed by atoms with van der Waals surface area (Å²) in [7, 11) is 1.99. The van der Waals surface area contributed by atoms with Crippen molar-refractivity contribution in [2.45, 2.75) is 18.9 Å². The minimum Gasteiger partial charge on any atom is -0.384 e. The summed E-state index contributed by atoms with van der Waals surface area (Å²) in [6, 6.07) is 7.52. The van der Waals surface area contributed by atoms with Crippen molar-refractivity contribution < 1.29 is 0 Å². The molecule has 4 aromatic rings. The Bertz CT molecular complexity index is 1370. The zero-order chi connectivity index (χ0) is 21.1. The minimum absolute atomic E-state index is 0.0142. The Labute approximate surface area is 178 Å². The number of rotatable bonds is 2. The van der Waals surface area contributed by atoms with Crippen molar-refractivity contribution in [2.24, 2.45) is 13.0 Å². The molecule has 0 unspecified atom stereocenters. The Hall–Kier alpha value is -3.75. The van der Waals surface area contributed by atoms with E-state index in [2.05, 4.69) is 37.0 Å². The topological polar surface area (TPSA) is 108 Å². The van der Waals surface area contributed by atoms with Crippen molar-refractivity contribution in [3.63, 3.8) is 0 Å². The third-order valence-electron chi connectivity index (χ3n) is 6.48. The zero-order valence-electron chi connectivity index (χ0n) is 17.1. The first-order chi connectivity index (χ1) is 15.1. The van der Waals surface area contributed by atoms with Crippen molar-refractivity contribution in [2.75, 3.05) is 23.7 Å². The van der Waals surface area contributed by atoms with E-state index in [1.165, 1.54) is 6.33 Å². The monoisotopic (exact) mass is 414 g/mol. The Kier molecular flexibility index (Phi) is 3.86. The minimum atomic E-state index is 0.0142. The summed E-state index contributed by atoms with van der Waals surface area (Å²) in [5.41, 5.74) is 9.28. The predicted octanol–water partition coefficient (Wildman–Crippen LogP) is 1.79. The lowest BCUT2D eigenvalue weighted by molar-refractivity contribution is 0.281. The fourth-order valence-electron chi connectivity index (χ4n) is 5.13. The number of hydrogen-bond donors (Lipinski definition) is 1. The van der Waals surface area contributed by atoms with Gasteiger partial charge in [0.2, 0.25) is 0 Å². The van der Waals surface area contributed by atoms with E-state index in [9.17, 15) is 4.79 Å². The van der Waals surface area contributed by atoms with Crippen LogP contribution < -0.4 is 16.2 Å². The van der Waals surface area contributed by atoms with Crippen LogP contribution in [-0.2, 0) is 13.6 Å². The van der Waals surface area contributed by atoms with Crippen molar-refractivity contribution in [3.8, 4) is 11.3 Å². The van der Waals surface area contributed by atoms with Crippen LogP contribution in [0.3, 0.4) is 0 Å².